The standard InChI is InChI=1S/C16H19N3O4/c1-2-23-13-5-3-11(4-6-13)17-16(22)18-9-12(10-18)19-14(20)7-8-15(19)21/h3-6,12H,2,7-10H2,1H3,(H,17,22). The lowest BCUT2D eigenvalue weighted by Crippen LogP contribution is -2.63. The van der Waals surface area contributed by atoms with E-state index in [1.165, 1.54) is 4.90 Å². The first-order chi connectivity index (χ1) is 11.1. The molecule has 1 aromatic rings. The van der Waals surface area contributed by atoms with E-state index in [2.05, 4.69) is 5.32 Å². The second kappa shape index (κ2) is 6.28. The Labute approximate surface area is 134 Å². The minimum absolute atomic E-state index is 0.133. The molecule has 122 valence electrons. The molecule has 0 spiro atoms. The van der Waals surface area contributed by atoms with Gasteiger partial charge in [0, 0.05) is 31.6 Å². The molecule has 1 N–H and O–H groups in total. The molecule has 3 rings (SSSR count). The van der Waals surface area contributed by atoms with E-state index in [0.29, 0.717) is 25.4 Å². The molecule has 2 aliphatic heterocycles. The monoisotopic (exact) mass is 317 g/mol. The third-order valence-electron chi connectivity index (χ3n) is 4.02. The zero-order chi connectivity index (χ0) is 16.4. The van der Waals surface area contributed by atoms with E-state index in [4.69, 9.17) is 4.74 Å². The van der Waals surface area contributed by atoms with Crippen molar-refractivity contribution in [2.24, 2.45) is 0 Å². The van der Waals surface area contributed by atoms with E-state index in [9.17, 15) is 14.4 Å². The predicted octanol–water partition coefficient (Wildman–Crippen LogP) is 1.45. The van der Waals surface area contributed by atoms with Crippen molar-refractivity contribution in [2.75, 3.05) is 25.0 Å². The Morgan fingerprint density at radius 1 is 1.17 bits per heavy atom. The Kier molecular flexibility index (Phi) is 4.18. The topological polar surface area (TPSA) is 79.0 Å². The molecule has 2 saturated heterocycles. The average Bonchev–Trinajstić information content (AvgIpc) is 2.80. The highest BCUT2D eigenvalue weighted by atomic mass is 16.5. The largest absolute Gasteiger partial charge is 0.494 e. The number of rotatable bonds is 4. The van der Waals surface area contributed by atoms with Crippen molar-refractivity contribution in [1.82, 2.24) is 9.80 Å². The van der Waals surface area contributed by atoms with Crippen LogP contribution in [-0.4, -0.2) is 53.4 Å². The summed E-state index contributed by atoms with van der Waals surface area (Å²) < 4.78 is 5.34. The van der Waals surface area contributed by atoms with E-state index in [1.54, 1.807) is 29.2 Å². The first-order valence-electron chi connectivity index (χ1n) is 7.72. The van der Waals surface area contributed by atoms with E-state index in [-0.39, 0.29) is 36.7 Å². The number of imide groups is 1. The Bertz CT molecular complexity index is 607. The lowest BCUT2D eigenvalue weighted by Gasteiger charge is -2.42. The number of ether oxygens (including phenoxy) is 1. The van der Waals surface area contributed by atoms with Crippen LogP contribution in [0.1, 0.15) is 19.8 Å². The summed E-state index contributed by atoms with van der Waals surface area (Å²) >= 11 is 0. The molecule has 0 unspecified atom stereocenters. The van der Waals surface area contributed by atoms with Crippen molar-refractivity contribution in [3.63, 3.8) is 0 Å². The Balaban J connectivity index is 1.51. The van der Waals surface area contributed by atoms with Crippen molar-refractivity contribution in [3.05, 3.63) is 24.3 Å². The zero-order valence-corrected chi connectivity index (χ0v) is 12.9. The molecule has 23 heavy (non-hydrogen) atoms. The molecule has 7 nitrogen and oxygen atoms in total. The van der Waals surface area contributed by atoms with Crippen LogP contribution in [-0.2, 0) is 9.59 Å². The summed E-state index contributed by atoms with van der Waals surface area (Å²) in [5.74, 6) is 0.485. The van der Waals surface area contributed by atoms with Gasteiger partial charge in [0.2, 0.25) is 11.8 Å². The molecule has 0 aromatic heterocycles. The van der Waals surface area contributed by atoms with Gasteiger partial charge in [-0.05, 0) is 31.2 Å². The molecule has 4 amide bonds. The van der Waals surface area contributed by atoms with Crippen LogP contribution in [0.5, 0.6) is 5.75 Å². The molecule has 0 saturated carbocycles. The van der Waals surface area contributed by atoms with Crippen LogP contribution in [0, 0.1) is 0 Å². The van der Waals surface area contributed by atoms with Crippen LogP contribution in [0.4, 0.5) is 10.5 Å². The van der Waals surface area contributed by atoms with Crippen LogP contribution >= 0.6 is 0 Å². The van der Waals surface area contributed by atoms with E-state index in [1.807, 2.05) is 6.92 Å². The summed E-state index contributed by atoms with van der Waals surface area (Å²) in [4.78, 5) is 38.3. The van der Waals surface area contributed by atoms with Gasteiger partial charge in [-0.2, -0.15) is 0 Å². The van der Waals surface area contributed by atoms with Gasteiger partial charge in [-0.25, -0.2) is 4.79 Å². The minimum atomic E-state index is -0.232. The highest BCUT2D eigenvalue weighted by Gasteiger charge is 2.42. The maximum Gasteiger partial charge on any atom is 0.321 e. The van der Waals surface area contributed by atoms with Gasteiger partial charge in [0.15, 0.2) is 0 Å². The van der Waals surface area contributed by atoms with E-state index >= 15 is 0 Å². The Morgan fingerprint density at radius 2 is 1.78 bits per heavy atom. The molecule has 0 radical (unpaired) electrons. The lowest BCUT2D eigenvalue weighted by atomic mass is 10.1. The summed E-state index contributed by atoms with van der Waals surface area (Å²) in [6, 6.07) is 6.72. The summed E-state index contributed by atoms with van der Waals surface area (Å²) in [7, 11) is 0. The number of nitrogens with one attached hydrogen (secondary N) is 1. The maximum absolute atomic E-state index is 12.1. The van der Waals surface area contributed by atoms with Crippen LogP contribution in [0.15, 0.2) is 24.3 Å². The fourth-order valence-corrected chi connectivity index (χ4v) is 2.79. The number of urea groups is 1. The molecular formula is C16H19N3O4. The number of hydrogen-bond donors (Lipinski definition) is 1. The zero-order valence-electron chi connectivity index (χ0n) is 12.9. The minimum Gasteiger partial charge on any atom is -0.494 e. The van der Waals surface area contributed by atoms with E-state index < -0.39 is 0 Å². The number of carbonyl (C=O) groups excluding carboxylic acids is 3. The predicted molar refractivity (Wildman–Crippen MR) is 83.1 cm³/mol. The molecule has 2 fully saturated rings. The van der Waals surface area contributed by atoms with Crippen LogP contribution in [0.25, 0.3) is 0 Å². The van der Waals surface area contributed by atoms with Gasteiger partial charge in [0.05, 0.1) is 12.6 Å². The summed E-state index contributed by atoms with van der Waals surface area (Å²) in [5, 5.41) is 2.79. The summed E-state index contributed by atoms with van der Waals surface area (Å²) in [5.41, 5.74) is 0.676. The van der Waals surface area contributed by atoms with Gasteiger partial charge in [0.1, 0.15) is 5.75 Å². The van der Waals surface area contributed by atoms with Gasteiger partial charge in [0.25, 0.3) is 0 Å². The maximum atomic E-state index is 12.1. The van der Waals surface area contributed by atoms with Crippen molar-refractivity contribution in [1.29, 1.82) is 0 Å². The third kappa shape index (κ3) is 3.13. The highest BCUT2D eigenvalue weighted by molar-refractivity contribution is 6.02. The second-order valence-corrected chi connectivity index (χ2v) is 5.60. The third-order valence-corrected chi connectivity index (χ3v) is 4.02. The number of likely N-dealkylation sites (tertiary alicyclic amines) is 2. The smallest absolute Gasteiger partial charge is 0.321 e. The van der Waals surface area contributed by atoms with Crippen LogP contribution in [0.2, 0.25) is 0 Å². The van der Waals surface area contributed by atoms with Crippen molar-refractivity contribution >= 4 is 23.5 Å². The molecular weight excluding hydrogens is 298 g/mol. The first-order valence-corrected chi connectivity index (χ1v) is 7.72. The number of amides is 4. The number of carbonyl (C=O) groups is 3. The second-order valence-electron chi connectivity index (χ2n) is 5.60. The van der Waals surface area contributed by atoms with Crippen LogP contribution in [0.3, 0.4) is 0 Å². The van der Waals surface area contributed by atoms with E-state index in [0.717, 1.165) is 5.75 Å². The molecule has 0 atom stereocenters. The van der Waals surface area contributed by atoms with Gasteiger partial charge in [-0.3, -0.25) is 14.5 Å². The Hall–Kier alpha value is -2.57. The van der Waals surface area contributed by atoms with Gasteiger partial charge >= 0.3 is 6.03 Å². The highest BCUT2D eigenvalue weighted by Crippen LogP contribution is 2.23. The normalized spacial score (nSPS) is 18.1. The molecule has 2 heterocycles. The number of anilines is 1. The quantitative estimate of drug-likeness (QED) is 0.853. The number of hydrogen-bond acceptors (Lipinski definition) is 4. The molecule has 0 bridgehead atoms. The molecule has 7 heteroatoms. The van der Waals surface area contributed by atoms with Crippen molar-refractivity contribution < 1.29 is 19.1 Å². The fraction of sp³-hybridized carbons (Fsp3) is 0.438. The number of nitrogens with zero attached hydrogens (tertiary/aromatic N) is 2. The summed E-state index contributed by atoms with van der Waals surface area (Å²) in [6.07, 6.45) is 0.571. The molecule has 2 aliphatic rings. The fourth-order valence-electron chi connectivity index (χ4n) is 2.79. The van der Waals surface area contributed by atoms with Crippen LogP contribution < -0.4 is 10.1 Å². The van der Waals surface area contributed by atoms with Gasteiger partial charge in [-0.1, -0.05) is 0 Å². The molecule has 0 aliphatic carbocycles. The van der Waals surface area contributed by atoms with Crippen molar-refractivity contribution in [2.45, 2.75) is 25.8 Å². The first kappa shape index (κ1) is 15.3. The number of benzene rings is 1. The lowest BCUT2D eigenvalue weighted by molar-refractivity contribution is -0.144. The average molecular weight is 317 g/mol. The van der Waals surface area contributed by atoms with Gasteiger partial charge in [-0.15, -0.1) is 0 Å². The SMILES string of the molecule is CCOc1ccc(NC(=O)N2CC(N3C(=O)CCC3=O)C2)cc1. The van der Waals surface area contributed by atoms with Crippen molar-refractivity contribution in [3.8, 4) is 5.75 Å². The summed E-state index contributed by atoms with van der Waals surface area (Å²) in [6.45, 7) is 3.28. The Morgan fingerprint density at radius 3 is 2.35 bits per heavy atom. The van der Waals surface area contributed by atoms with Gasteiger partial charge < -0.3 is 15.0 Å². The molecule has 1 aromatic carbocycles.